The number of Topliss-reactive ketones (excluding diaryl/α,β-unsaturated/α-hetero) is 3. The average molecular weight is 1270 g/mol. The molecule has 0 rings (SSSR count). The minimum Gasteiger partial charge on any atom is -0.372 e. The number of carbonyl (C=O) groups excluding carboxylic acids is 3. The molecule has 14 heteroatoms. The topological polar surface area (TPSA) is 157 Å². The Morgan fingerprint density at radius 1 is 0.324 bits per heavy atom. The molecule has 10 nitrogen and oxygen atoms in total. The van der Waals surface area contributed by atoms with Crippen molar-refractivity contribution in [1.29, 1.82) is 0 Å². The largest absolute Gasteiger partial charge is 0.476 e. The summed E-state index contributed by atoms with van der Waals surface area (Å²) in [5.41, 5.74) is 0. The molecule has 6 atom stereocenters. The number of rotatable bonds is 57. The Kier molecular flexibility index (Phi) is 47.4. The number of carbonyl (C=O) groups is 3. The number of ketones is 3. The minimum absolute atomic E-state index is 0.0311. The third-order valence-corrected chi connectivity index (χ3v) is 18.4. The molecule has 0 amide bonds. The lowest BCUT2D eigenvalue weighted by molar-refractivity contribution is -0.144. The second-order valence-corrected chi connectivity index (χ2v) is 27.3. The molecule has 0 heterocycles. The highest BCUT2D eigenvalue weighted by atomic mass is 79.9. The summed E-state index contributed by atoms with van der Waals surface area (Å²) in [4.78, 5) is 42.8. The zero-order chi connectivity index (χ0) is 55.4. The molecule has 0 aromatic rings. The quantitative estimate of drug-likeness (QED) is 0.0304. The Morgan fingerprint density at radius 3 is 0.649 bits per heavy atom. The summed E-state index contributed by atoms with van der Waals surface area (Å²) in [5.74, 6) is -2.29. The highest BCUT2D eigenvalue weighted by molar-refractivity contribution is 9.10. The van der Waals surface area contributed by atoms with Crippen molar-refractivity contribution >= 4 is 73.0 Å². The predicted octanol–water partition coefficient (Wildman–Crippen LogP) is 19.9. The first kappa shape index (κ1) is 74.4. The lowest BCUT2D eigenvalue weighted by atomic mass is 9.99. The summed E-state index contributed by atoms with van der Waals surface area (Å²) >= 11 is 9.88. The molecule has 3 unspecified atom stereocenters. The maximum atomic E-state index is 15.4. The van der Waals surface area contributed by atoms with Gasteiger partial charge in [-0.2, -0.15) is 0 Å². The maximum Gasteiger partial charge on any atom is 0.476 e. The molecule has 74 heavy (non-hydrogen) atoms. The molecule has 0 aromatic heterocycles. The molecule has 0 fully saturated rings. The van der Waals surface area contributed by atoms with Gasteiger partial charge >= 0.3 is 7.82 Å². The van der Waals surface area contributed by atoms with E-state index in [1.165, 1.54) is 135 Å². The molecule has 0 radical (unpaired) electrons. The van der Waals surface area contributed by atoms with Gasteiger partial charge in [-0.15, -0.1) is 0 Å². The van der Waals surface area contributed by atoms with E-state index in [0.29, 0.717) is 38.5 Å². The average Bonchev–Trinajstić information content (AvgIpc) is 3.36. The van der Waals surface area contributed by atoms with E-state index in [2.05, 4.69) is 68.6 Å². The third kappa shape index (κ3) is 37.4. The second-order valence-electron chi connectivity index (χ2n) is 21.9. The standard InChI is InChI=1S/C60H114Br3O10P/c1-7-13-16-19-22-25-28-31-34-37-40-43-49-58(61,67)55(64)52(46-10-4)71-74(70,72-53(47-11-5)56(65)59(62,68)50-44-41-38-35-32-29-26-23-20-17-14-8-2)73-54(48-12-6)57(66)60(63,69)51-45-42-39-36-33-30-27-24-21-18-15-9-3/h52-54,67-69H,7-51H2,1-6H3/t52?,53?,54?,58-,59-,60-,74?/m1/s1. The van der Waals surface area contributed by atoms with Gasteiger partial charge in [-0.3, -0.25) is 28.0 Å². The van der Waals surface area contributed by atoms with Gasteiger partial charge < -0.3 is 15.3 Å². The molecule has 3 N–H and O–H groups in total. The highest BCUT2D eigenvalue weighted by Gasteiger charge is 2.49. The second kappa shape index (κ2) is 47.1. The fraction of sp³-hybridized carbons (Fsp3) is 0.950. The number of unbranched alkanes of at least 4 members (excludes halogenated alkanes) is 33. The Labute approximate surface area is 480 Å². The zero-order valence-corrected chi connectivity index (χ0v) is 54.0. The van der Waals surface area contributed by atoms with E-state index < -0.39 is 57.0 Å². The number of phosphoric ester groups is 1. The summed E-state index contributed by atoms with van der Waals surface area (Å²) < 4.78 is 27.8. The van der Waals surface area contributed by atoms with Crippen LogP contribution in [0.25, 0.3) is 0 Å². The van der Waals surface area contributed by atoms with Crippen molar-refractivity contribution in [2.24, 2.45) is 0 Å². The van der Waals surface area contributed by atoms with E-state index in [-0.39, 0.29) is 38.5 Å². The van der Waals surface area contributed by atoms with Gasteiger partial charge in [-0.1, -0.05) is 273 Å². The molecule has 440 valence electrons. The lowest BCUT2D eigenvalue weighted by Crippen LogP contribution is -2.44. The van der Waals surface area contributed by atoms with Crippen molar-refractivity contribution in [3.63, 3.8) is 0 Å². The van der Waals surface area contributed by atoms with Crippen molar-refractivity contribution in [2.45, 2.75) is 362 Å². The smallest absolute Gasteiger partial charge is 0.372 e. The van der Waals surface area contributed by atoms with Crippen LogP contribution in [-0.2, 0) is 32.5 Å². The number of phosphoric acid groups is 1. The van der Waals surface area contributed by atoms with Crippen LogP contribution in [0.5, 0.6) is 0 Å². The van der Waals surface area contributed by atoms with Crippen LogP contribution in [0.4, 0.5) is 0 Å². The Bertz CT molecular complexity index is 1250. The van der Waals surface area contributed by atoms with Crippen molar-refractivity contribution in [2.75, 3.05) is 0 Å². The number of aliphatic hydroxyl groups is 3. The first-order valence-corrected chi connectivity index (χ1v) is 34.8. The molecular weight excluding hydrogens is 1150 g/mol. The summed E-state index contributed by atoms with van der Waals surface area (Å²) in [5, 5.41) is 34.8. The molecule has 0 saturated carbocycles. The predicted molar refractivity (Wildman–Crippen MR) is 321 cm³/mol. The monoisotopic (exact) mass is 1260 g/mol. The Morgan fingerprint density at radius 2 is 0.486 bits per heavy atom. The third-order valence-electron chi connectivity index (χ3n) is 14.5. The molecule has 0 aliphatic carbocycles. The van der Waals surface area contributed by atoms with Gasteiger partial charge in [-0.25, -0.2) is 4.57 Å². The summed E-state index contributed by atoms with van der Waals surface area (Å²) in [6, 6.07) is 0. The van der Waals surface area contributed by atoms with Gasteiger partial charge in [0.25, 0.3) is 0 Å². The van der Waals surface area contributed by atoms with Gasteiger partial charge in [0.05, 0.1) is 0 Å². The summed E-state index contributed by atoms with van der Waals surface area (Å²) in [7, 11) is -5.08. The van der Waals surface area contributed by atoms with Crippen LogP contribution in [0.3, 0.4) is 0 Å². The van der Waals surface area contributed by atoms with E-state index in [1.54, 1.807) is 0 Å². The van der Waals surface area contributed by atoms with E-state index >= 15 is 4.57 Å². The summed E-state index contributed by atoms with van der Waals surface area (Å²) in [6.45, 7) is 12.2. The number of halogens is 3. The van der Waals surface area contributed by atoms with Crippen molar-refractivity contribution in [1.82, 2.24) is 0 Å². The Hall–Kier alpha value is 0.440. The minimum atomic E-state index is -5.08. The highest BCUT2D eigenvalue weighted by Crippen LogP contribution is 2.56. The molecule has 0 spiro atoms. The SMILES string of the molecule is CCCCCCCCCCCCCC[C@](O)(Br)C(=O)C(CCC)OP(=O)(OC(CCC)C(=O)[C@@](O)(Br)CCCCCCCCCCCCCC)OC(CCC)C(=O)[C@@](O)(Br)CCCCCCCCCCCCCC. The van der Waals surface area contributed by atoms with E-state index in [0.717, 1.165) is 77.0 Å². The van der Waals surface area contributed by atoms with Crippen molar-refractivity contribution in [3.8, 4) is 0 Å². The maximum absolute atomic E-state index is 15.4. The van der Waals surface area contributed by atoms with E-state index in [9.17, 15) is 29.7 Å². The zero-order valence-electron chi connectivity index (χ0n) is 48.3. The van der Waals surface area contributed by atoms with Crippen molar-refractivity contribution < 1.29 is 47.8 Å². The van der Waals surface area contributed by atoms with Crippen LogP contribution < -0.4 is 0 Å². The van der Waals surface area contributed by atoms with E-state index in [1.807, 2.05) is 20.8 Å². The van der Waals surface area contributed by atoms with Gasteiger partial charge in [-0.05, 0) is 106 Å². The van der Waals surface area contributed by atoms with Crippen LogP contribution in [0.15, 0.2) is 0 Å². The van der Waals surface area contributed by atoms with Crippen LogP contribution in [0.2, 0.25) is 0 Å². The molecule has 0 aliphatic heterocycles. The molecule has 0 aromatic carbocycles. The first-order chi connectivity index (χ1) is 35.4. The van der Waals surface area contributed by atoms with Crippen molar-refractivity contribution in [3.05, 3.63) is 0 Å². The fourth-order valence-electron chi connectivity index (χ4n) is 9.73. The van der Waals surface area contributed by atoms with E-state index in [4.69, 9.17) is 13.6 Å². The van der Waals surface area contributed by atoms with Crippen LogP contribution in [-0.4, -0.2) is 64.5 Å². The molecule has 0 bridgehead atoms. The molecule has 0 saturated heterocycles. The molecule has 0 aliphatic rings. The summed E-state index contributed by atoms with van der Waals surface area (Å²) in [6.07, 6.45) is 37.7. The van der Waals surface area contributed by atoms with Crippen LogP contribution >= 0.6 is 55.6 Å². The van der Waals surface area contributed by atoms with Crippen LogP contribution in [0, 0.1) is 0 Å². The van der Waals surface area contributed by atoms with Crippen LogP contribution in [0.1, 0.15) is 330 Å². The van der Waals surface area contributed by atoms with Gasteiger partial charge in [0.1, 0.15) is 18.3 Å². The van der Waals surface area contributed by atoms with Gasteiger partial charge in [0.15, 0.2) is 13.5 Å². The normalized spacial score (nSPS) is 16.5. The Balaban J connectivity index is 6.18. The first-order valence-electron chi connectivity index (χ1n) is 30.9. The number of hydrogen-bond donors (Lipinski definition) is 3. The van der Waals surface area contributed by atoms with Gasteiger partial charge in [0.2, 0.25) is 17.3 Å². The van der Waals surface area contributed by atoms with Gasteiger partial charge in [0, 0.05) is 0 Å². The lowest BCUT2D eigenvalue weighted by Gasteiger charge is -2.33. The number of alkyl halides is 3. The number of hydrogen-bond acceptors (Lipinski definition) is 10. The molecular formula is C60H114Br3O10P. The fourth-order valence-corrected chi connectivity index (χ4v) is 13.0.